The molecule has 0 aromatic heterocycles. The van der Waals surface area contributed by atoms with Gasteiger partial charge in [-0.25, -0.2) is 8.78 Å². The van der Waals surface area contributed by atoms with Crippen LogP contribution in [0, 0.1) is 25.5 Å². The zero-order chi connectivity index (χ0) is 11.6. The summed E-state index contributed by atoms with van der Waals surface area (Å²) in [4.78, 5) is 0. The van der Waals surface area contributed by atoms with Gasteiger partial charge in [0.15, 0.2) is 0 Å². The summed E-state index contributed by atoms with van der Waals surface area (Å²) >= 11 is 0. The van der Waals surface area contributed by atoms with Crippen molar-refractivity contribution in [2.45, 2.75) is 26.3 Å². The van der Waals surface area contributed by atoms with Crippen molar-refractivity contribution in [3.63, 3.8) is 0 Å². The second kappa shape index (κ2) is 4.68. The Labute approximate surface area is 87.7 Å². The molecule has 1 aromatic carbocycles. The van der Waals surface area contributed by atoms with Crippen LogP contribution in [0.4, 0.5) is 8.78 Å². The Hall–Kier alpha value is -1.00. The minimum atomic E-state index is -0.596. The van der Waals surface area contributed by atoms with Gasteiger partial charge in [-0.05, 0) is 37.0 Å². The molecular weight excluding hydrogens is 200 g/mol. The highest BCUT2D eigenvalue weighted by molar-refractivity contribution is 5.38. The van der Waals surface area contributed by atoms with E-state index in [1.54, 1.807) is 13.8 Å². The van der Waals surface area contributed by atoms with E-state index in [2.05, 4.69) is 0 Å². The lowest BCUT2D eigenvalue weighted by Gasteiger charge is -2.17. The molecule has 0 bridgehead atoms. The number of hydrogen-bond acceptors (Lipinski definition) is 2. The Bertz CT molecular complexity index is 340. The van der Waals surface area contributed by atoms with Crippen LogP contribution in [0.3, 0.4) is 0 Å². The summed E-state index contributed by atoms with van der Waals surface area (Å²) in [5.74, 6) is -1.19. The first-order valence-corrected chi connectivity index (χ1v) is 4.80. The maximum atomic E-state index is 13.3. The largest absolute Gasteiger partial charge is 0.396 e. The third-order valence-electron chi connectivity index (χ3n) is 2.59. The second-order valence-corrected chi connectivity index (χ2v) is 3.62. The maximum absolute atomic E-state index is 13.3. The molecule has 0 aliphatic heterocycles. The van der Waals surface area contributed by atoms with Crippen molar-refractivity contribution in [2.24, 2.45) is 5.73 Å². The fraction of sp³-hybridized carbons (Fsp3) is 0.455. The van der Waals surface area contributed by atoms with Gasteiger partial charge in [0, 0.05) is 18.7 Å². The first-order valence-electron chi connectivity index (χ1n) is 4.80. The monoisotopic (exact) mass is 215 g/mol. The van der Waals surface area contributed by atoms with E-state index in [4.69, 9.17) is 10.8 Å². The molecule has 1 rings (SSSR count). The first kappa shape index (κ1) is 12.1. The third-order valence-corrected chi connectivity index (χ3v) is 2.59. The van der Waals surface area contributed by atoms with Gasteiger partial charge in [-0.15, -0.1) is 0 Å². The van der Waals surface area contributed by atoms with E-state index in [0.717, 1.165) is 6.07 Å². The van der Waals surface area contributed by atoms with Gasteiger partial charge >= 0.3 is 0 Å². The highest BCUT2D eigenvalue weighted by Crippen LogP contribution is 2.26. The van der Waals surface area contributed by atoms with E-state index in [1.807, 2.05) is 0 Å². The highest BCUT2D eigenvalue weighted by atomic mass is 19.1. The second-order valence-electron chi connectivity index (χ2n) is 3.62. The molecule has 0 radical (unpaired) electrons. The van der Waals surface area contributed by atoms with E-state index in [1.165, 1.54) is 0 Å². The van der Waals surface area contributed by atoms with Crippen LogP contribution in [0.5, 0.6) is 0 Å². The van der Waals surface area contributed by atoms with Gasteiger partial charge in [0.1, 0.15) is 11.6 Å². The lowest BCUT2D eigenvalue weighted by molar-refractivity contribution is 0.276. The van der Waals surface area contributed by atoms with Crippen LogP contribution in [0.2, 0.25) is 0 Å². The summed E-state index contributed by atoms with van der Waals surface area (Å²) in [5.41, 5.74) is 6.92. The highest BCUT2D eigenvalue weighted by Gasteiger charge is 2.17. The van der Waals surface area contributed by atoms with Crippen molar-refractivity contribution in [3.05, 3.63) is 34.4 Å². The number of aliphatic hydroxyl groups excluding tert-OH is 1. The van der Waals surface area contributed by atoms with Gasteiger partial charge in [-0.3, -0.25) is 0 Å². The number of rotatable bonds is 3. The van der Waals surface area contributed by atoms with Gasteiger partial charge in [0.2, 0.25) is 0 Å². The van der Waals surface area contributed by atoms with E-state index < -0.39 is 17.7 Å². The summed E-state index contributed by atoms with van der Waals surface area (Å²) in [6.07, 6.45) is 0.296. The summed E-state index contributed by atoms with van der Waals surface area (Å²) in [5, 5.41) is 8.75. The first-order chi connectivity index (χ1) is 6.99. The summed E-state index contributed by atoms with van der Waals surface area (Å²) in [6, 6.07) is 0.333. The van der Waals surface area contributed by atoms with Gasteiger partial charge in [0.05, 0.1) is 0 Å². The molecule has 0 saturated carbocycles. The van der Waals surface area contributed by atoms with E-state index in [9.17, 15) is 8.78 Å². The third kappa shape index (κ3) is 2.33. The minimum absolute atomic E-state index is 0.0990. The molecular formula is C11H15F2NO. The van der Waals surface area contributed by atoms with Crippen molar-refractivity contribution >= 4 is 0 Å². The molecule has 84 valence electrons. The van der Waals surface area contributed by atoms with Crippen LogP contribution >= 0.6 is 0 Å². The molecule has 2 nitrogen and oxygen atoms in total. The molecule has 1 unspecified atom stereocenters. The lowest BCUT2D eigenvalue weighted by atomic mass is 9.94. The van der Waals surface area contributed by atoms with Gasteiger partial charge in [0.25, 0.3) is 0 Å². The van der Waals surface area contributed by atoms with Crippen LogP contribution in [-0.4, -0.2) is 11.7 Å². The molecule has 0 heterocycles. The van der Waals surface area contributed by atoms with Crippen LogP contribution < -0.4 is 5.73 Å². The smallest absolute Gasteiger partial charge is 0.129 e. The maximum Gasteiger partial charge on any atom is 0.129 e. The number of halogens is 2. The predicted molar refractivity (Wildman–Crippen MR) is 54.5 cm³/mol. The van der Waals surface area contributed by atoms with Crippen molar-refractivity contribution in [1.29, 1.82) is 0 Å². The van der Waals surface area contributed by atoms with Crippen molar-refractivity contribution < 1.29 is 13.9 Å². The van der Waals surface area contributed by atoms with Gasteiger partial charge in [-0.2, -0.15) is 0 Å². The average Bonchev–Trinajstić information content (AvgIpc) is 2.16. The van der Waals surface area contributed by atoms with Crippen molar-refractivity contribution in [2.75, 3.05) is 6.61 Å². The Kier molecular flexibility index (Phi) is 3.77. The van der Waals surface area contributed by atoms with E-state index in [-0.39, 0.29) is 6.61 Å². The molecule has 3 N–H and O–H groups in total. The number of aliphatic hydroxyl groups is 1. The molecule has 0 saturated heterocycles. The zero-order valence-corrected chi connectivity index (χ0v) is 8.85. The summed E-state index contributed by atoms with van der Waals surface area (Å²) < 4.78 is 26.5. The molecule has 0 fully saturated rings. The predicted octanol–water partition coefficient (Wildman–Crippen LogP) is 1.96. The fourth-order valence-electron chi connectivity index (χ4n) is 1.71. The topological polar surface area (TPSA) is 46.2 Å². The lowest BCUT2D eigenvalue weighted by Crippen LogP contribution is -2.16. The van der Waals surface area contributed by atoms with Crippen molar-refractivity contribution in [1.82, 2.24) is 0 Å². The molecule has 0 aliphatic carbocycles. The molecule has 4 heteroatoms. The summed E-state index contributed by atoms with van der Waals surface area (Å²) in [6.45, 7) is 3.03. The molecule has 1 aromatic rings. The number of benzene rings is 1. The molecule has 1 atom stereocenters. The SMILES string of the molecule is Cc1c(F)cc(F)c(C)c1C(N)CCO. The Balaban J connectivity index is 3.26. The normalized spacial score (nSPS) is 12.9. The van der Waals surface area contributed by atoms with Crippen molar-refractivity contribution in [3.8, 4) is 0 Å². The molecule has 0 amide bonds. The van der Waals surface area contributed by atoms with E-state index in [0.29, 0.717) is 23.1 Å². The van der Waals surface area contributed by atoms with Crippen LogP contribution in [0.1, 0.15) is 29.2 Å². The van der Waals surface area contributed by atoms with E-state index >= 15 is 0 Å². The fourth-order valence-corrected chi connectivity index (χ4v) is 1.71. The Morgan fingerprint density at radius 3 is 2.13 bits per heavy atom. The zero-order valence-electron chi connectivity index (χ0n) is 8.85. The molecule has 15 heavy (non-hydrogen) atoms. The van der Waals surface area contributed by atoms with Gasteiger partial charge < -0.3 is 10.8 Å². The number of nitrogens with two attached hydrogens (primary N) is 1. The molecule has 0 spiro atoms. The molecule has 0 aliphatic rings. The Morgan fingerprint density at radius 2 is 1.73 bits per heavy atom. The standard InChI is InChI=1S/C11H15F2NO/c1-6-8(12)5-9(13)7(2)11(6)10(14)3-4-15/h5,10,15H,3-4,14H2,1-2H3. The van der Waals surface area contributed by atoms with Crippen LogP contribution in [0.25, 0.3) is 0 Å². The number of hydrogen-bond donors (Lipinski definition) is 2. The van der Waals surface area contributed by atoms with Crippen LogP contribution in [-0.2, 0) is 0 Å². The quantitative estimate of drug-likeness (QED) is 0.809. The minimum Gasteiger partial charge on any atom is -0.396 e. The van der Waals surface area contributed by atoms with Crippen LogP contribution in [0.15, 0.2) is 6.07 Å². The average molecular weight is 215 g/mol. The summed E-state index contributed by atoms with van der Waals surface area (Å²) in [7, 11) is 0. The Morgan fingerprint density at radius 1 is 1.27 bits per heavy atom. The van der Waals surface area contributed by atoms with Gasteiger partial charge in [-0.1, -0.05) is 0 Å².